The molecule has 0 radical (unpaired) electrons. The summed E-state index contributed by atoms with van der Waals surface area (Å²) in [6.45, 7) is 3.86. The van der Waals surface area contributed by atoms with Crippen molar-refractivity contribution in [1.82, 2.24) is 19.9 Å². The topological polar surface area (TPSA) is 81.5 Å². The van der Waals surface area contributed by atoms with Crippen molar-refractivity contribution in [3.63, 3.8) is 0 Å². The van der Waals surface area contributed by atoms with Gasteiger partial charge in [-0.1, -0.05) is 17.3 Å². The van der Waals surface area contributed by atoms with Crippen LogP contribution < -0.4 is 14.8 Å². The number of amides is 1. The second-order valence-corrected chi connectivity index (χ2v) is 7.52. The molecule has 5 rings (SSSR count). The number of fused-ring (bicyclic) bond motifs is 2. The highest BCUT2D eigenvalue weighted by atomic mass is 16.7. The SMILES string of the molecule is CC(C(=O)Nc1ccc2c(c1)OCO2)N1CCC(n2nnc3ccccc32)CC1. The Morgan fingerprint density at radius 2 is 1.93 bits per heavy atom. The molecular weight excluding hydrogens is 370 g/mol. The minimum absolute atomic E-state index is 0.0199. The number of para-hydroxylation sites is 1. The van der Waals surface area contributed by atoms with E-state index in [4.69, 9.17) is 9.47 Å². The molecule has 3 heterocycles. The van der Waals surface area contributed by atoms with Crippen LogP contribution >= 0.6 is 0 Å². The molecule has 0 bridgehead atoms. The molecule has 0 spiro atoms. The average molecular weight is 393 g/mol. The number of carbonyl (C=O) groups is 1. The first-order valence-corrected chi connectivity index (χ1v) is 9.93. The minimum atomic E-state index is -0.214. The number of nitrogens with zero attached hydrogens (tertiary/aromatic N) is 4. The number of nitrogens with one attached hydrogen (secondary N) is 1. The van der Waals surface area contributed by atoms with Gasteiger partial charge in [0.15, 0.2) is 11.5 Å². The van der Waals surface area contributed by atoms with Crippen LogP contribution in [0.4, 0.5) is 5.69 Å². The van der Waals surface area contributed by atoms with Crippen molar-refractivity contribution >= 4 is 22.6 Å². The van der Waals surface area contributed by atoms with Crippen molar-refractivity contribution in [1.29, 1.82) is 0 Å². The molecule has 2 aromatic carbocycles. The second kappa shape index (κ2) is 7.36. The summed E-state index contributed by atoms with van der Waals surface area (Å²) in [5, 5.41) is 11.6. The predicted octanol–water partition coefficient (Wildman–Crippen LogP) is 2.82. The molecule has 8 nitrogen and oxygen atoms in total. The van der Waals surface area contributed by atoms with E-state index in [1.165, 1.54) is 0 Å². The predicted molar refractivity (Wildman–Crippen MR) is 108 cm³/mol. The van der Waals surface area contributed by atoms with Crippen molar-refractivity contribution in [2.75, 3.05) is 25.2 Å². The van der Waals surface area contributed by atoms with Gasteiger partial charge < -0.3 is 14.8 Å². The summed E-state index contributed by atoms with van der Waals surface area (Å²) in [7, 11) is 0. The third-order valence-corrected chi connectivity index (χ3v) is 5.79. The molecule has 0 aliphatic carbocycles. The highest BCUT2D eigenvalue weighted by molar-refractivity contribution is 5.94. The summed E-state index contributed by atoms with van der Waals surface area (Å²) < 4.78 is 12.7. The van der Waals surface area contributed by atoms with E-state index >= 15 is 0 Å². The number of hydrogen-bond acceptors (Lipinski definition) is 6. The van der Waals surface area contributed by atoms with E-state index in [9.17, 15) is 4.79 Å². The van der Waals surface area contributed by atoms with Crippen LogP contribution in [0.25, 0.3) is 11.0 Å². The van der Waals surface area contributed by atoms with Gasteiger partial charge in [-0.25, -0.2) is 4.68 Å². The first kappa shape index (κ1) is 17.9. The number of likely N-dealkylation sites (tertiary alicyclic amines) is 1. The van der Waals surface area contributed by atoms with E-state index in [0.717, 1.165) is 42.7 Å². The fourth-order valence-corrected chi connectivity index (χ4v) is 4.06. The summed E-state index contributed by atoms with van der Waals surface area (Å²) in [6.07, 6.45) is 1.88. The van der Waals surface area contributed by atoms with Crippen LogP contribution in [-0.4, -0.2) is 51.7 Å². The summed E-state index contributed by atoms with van der Waals surface area (Å²) in [4.78, 5) is 15.0. The second-order valence-electron chi connectivity index (χ2n) is 7.52. The van der Waals surface area contributed by atoms with Crippen molar-refractivity contribution in [3.8, 4) is 11.5 Å². The van der Waals surface area contributed by atoms with Crippen LogP contribution in [0.5, 0.6) is 11.5 Å². The Balaban J connectivity index is 1.20. The standard InChI is InChI=1S/C21H23N5O3/c1-14(21(27)22-15-6-7-19-20(12-15)29-13-28-19)25-10-8-16(9-11-25)26-18-5-3-2-4-17(18)23-24-26/h2-7,12,14,16H,8-11,13H2,1H3,(H,22,27). The maximum Gasteiger partial charge on any atom is 0.241 e. The van der Waals surface area contributed by atoms with E-state index in [-0.39, 0.29) is 18.7 Å². The third kappa shape index (κ3) is 3.40. The molecule has 1 unspecified atom stereocenters. The maximum atomic E-state index is 12.7. The molecular formula is C21H23N5O3. The van der Waals surface area contributed by atoms with E-state index in [0.29, 0.717) is 17.5 Å². The zero-order valence-electron chi connectivity index (χ0n) is 16.2. The number of carbonyl (C=O) groups excluding carboxylic acids is 1. The number of anilines is 1. The quantitative estimate of drug-likeness (QED) is 0.734. The van der Waals surface area contributed by atoms with E-state index in [1.54, 1.807) is 6.07 Å². The summed E-state index contributed by atoms with van der Waals surface area (Å²) in [5.74, 6) is 1.35. The van der Waals surface area contributed by atoms with Crippen molar-refractivity contribution in [2.24, 2.45) is 0 Å². The first-order chi connectivity index (χ1) is 14.2. The van der Waals surface area contributed by atoms with Gasteiger partial charge >= 0.3 is 0 Å². The molecule has 29 heavy (non-hydrogen) atoms. The normalized spacial score (nSPS) is 18.1. The Kier molecular flexibility index (Phi) is 4.55. The highest BCUT2D eigenvalue weighted by Gasteiger charge is 2.28. The van der Waals surface area contributed by atoms with Gasteiger partial charge in [-0.2, -0.15) is 0 Å². The maximum absolute atomic E-state index is 12.7. The van der Waals surface area contributed by atoms with Crippen LogP contribution in [0.3, 0.4) is 0 Å². The summed E-state index contributed by atoms with van der Waals surface area (Å²) in [5.41, 5.74) is 2.71. The molecule has 8 heteroatoms. The van der Waals surface area contributed by atoms with Crippen LogP contribution in [0.15, 0.2) is 42.5 Å². The monoisotopic (exact) mass is 393 g/mol. The molecule has 1 N–H and O–H groups in total. The zero-order valence-corrected chi connectivity index (χ0v) is 16.2. The smallest absolute Gasteiger partial charge is 0.241 e. The fourth-order valence-electron chi connectivity index (χ4n) is 4.06. The average Bonchev–Trinajstić information content (AvgIpc) is 3.40. The number of rotatable bonds is 4. The van der Waals surface area contributed by atoms with E-state index in [1.807, 2.05) is 41.9 Å². The molecule has 1 fully saturated rings. The first-order valence-electron chi connectivity index (χ1n) is 9.93. The van der Waals surface area contributed by atoms with Gasteiger partial charge in [0, 0.05) is 24.8 Å². The summed E-state index contributed by atoms with van der Waals surface area (Å²) >= 11 is 0. The summed E-state index contributed by atoms with van der Waals surface area (Å²) in [6, 6.07) is 13.6. The van der Waals surface area contributed by atoms with E-state index < -0.39 is 0 Å². The molecule has 150 valence electrons. The Bertz CT molecular complexity index is 1040. The van der Waals surface area contributed by atoms with Gasteiger partial charge in [-0.15, -0.1) is 5.10 Å². The lowest BCUT2D eigenvalue weighted by Gasteiger charge is -2.35. The number of ether oxygens (including phenoxy) is 2. The lowest BCUT2D eigenvalue weighted by atomic mass is 10.0. The highest BCUT2D eigenvalue weighted by Crippen LogP contribution is 2.34. The Hall–Kier alpha value is -3.13. The van der Waals surface area contributed by atoms with Gasteiger partial charge in [0.1, 0.15) is 5.52 Å². The zero-order chi connectivity index (χ0) is 19.8. The van der Waals surface area contributed by atoms with Gasteiger partial charge in [-0.05, 0) is 44.0 Å². The van der Waals surface area contributed by atoms with Gasteiger partial charge in [0.25, 0.3) is 0 Å². The molecule has 1 atom stereocenters. The number of benzene rings is 2. The van der Waals surface area contributed by atoms with Crippen molar-refractivity contribution in [2.45, 2.75) is 31.8 Å². The number of piperidine rings is 1. The van der Waals surface area contributed by atoms with Crippen molar-refractivity contribution in [3.05, 3.63) is 42.5 Å². The van der Waals surface area contributed by atoms with Crippen molar-refractivity contribution < 1.29 is 14.3 Å². The third-order valence-electron chi connectivity index (χ3n) is 5.79. The van der Waals surface area contributed by atoms with Gasteiger partial charge in [0.2, 0.25) is 12.7 Å². The molecule has 1 amide bonds. The molecule has 2 aliphatic rings. The lowest BCUT2D eigenvalue weighted by Crippen LogP contribution is -2.46. The number of aromatic nitrogens is 3. The van der Waals surface area contributed by atoms with Crippen LogP contribution in [0, 0.1) is 0 Å². The molecule has 0 saturated carbocycles. The minimum Gasteiger partial charge on any atom is -0.454 e. The van der Waals surface area contributed by atoms with Gasteiger partial charge in [0.05, 0.1) is 17.6 Å². The van der Waals surface area contributed by atoms with Crippen LogP contribution in [0.2, 0.25) is 0 Å². The van der Waals surface area contributed by atoms with Crippen LogP contribution in [0.1, 0.15) is 25.8 Å². The Labute approximate surface area is 168 Å². The molecule has 2 aliphatic heterocycles. The van der Waals surface area contributed by atoms with Gasteiger partial charge in [-0.3, -0.25) is 9.69 Å². The molecule has 1 saturated heterocycles. The largest absolute Gasteiger partial charge is 0.454 e. The Morgan fingerprint density at radius 3 is 2.79 bits per heavy atom. The molecule has 3 aromatic rings. The molecule has 1 aromatic heterocycles. The van der Waals surface area contributed by atoms with E-state index in [2.05, 4.69) is 26.6 Å². The lowest BCUT2D eigenvalue weighted by molar-refractivity contribution is -0.121. The fraction of sp³-hybridized carbons (Fsp3) is 0.381. The number of hydrogen-bond donors (Lipinski definition) is 1. The van der Waals surface area contributed by atoms with Crippen LogP contribution in [-0.2, 0) is 4.79 Å². The Morgan fingerprint density at radius 1 is 1.14 bits per heavy atom.